The van der Waals surface area contributed by atoms with Gasteiger partial charge in [-0.15, -0.1) is 0 Å². The van der Waals surface area contributed by atoms with Crippen molar-refractivity contribution in [3.63, 3.8) is 0 Å². The molecule has 0 aromatic carbocycles. The van der Waals surface area contributed by atoms with Gasteiger partial charge in [-0.25, -0.2) is 4.98 Å². The maximum atomic E-state index is 12.3. The number of aromatic nitrogens is 3. The molecule has 106 valence electrons. The third kappa shape index (κ3) is 3.17. The number of amides is 1. The van der Waals surface area contributed by atoms with Gasteiger partial charge in [0.1, 0.15) is 11.0 Å². The molecule has 6 heteroatoms. The lowest BCUT2D eigenvalue weighted by Crippen LogP contribution is -2.18. The second-order valence-corrected chi connectivity index (χ2v) is 6.08. The van der Waals surface area contributed by atoms with E-state index in [-0.39, 0.29) is 11.3 Å². The van der Waals surface area contributed by atoms with Crippen LogP contribution >= 0.6 is 11.6 Å². The van der Waals surface area contributed by atoms with Crippen molar-refractivity contribution < 1.29 is 4.79 Å². The Morgan fingerprint density at radius 2 is 2.05 bits per heavy atom. The van der Waals surface area contributed by atoms with Crippen LogP contribution in [0.2, 0.25) is 5.15 Å². The van der Waals surface area contributed by atoms with E-state index in [1.54, 1.807) is 18.3 Å². The lowest BCUT2D eigenvalue weighted by molar-refractivity contribution is 0.102. The minimum Gasteiger partial charge on any atom is -0.307 e. The largest absolute Gasteiger partial charge is 0.307 e. The van der Waals surface area contributed by atoms with E-state index in [0.717, 1.165) is 11.3 Å². The van der Waals surface area contributed by atoms with Crippen molar-refractivity contribution in [2.75, 3.05) is 5.32 Å². The van der Waals surface area contributed by atoms with Crippen LogP contribution in [0.15, 0.2) is 18.3 Å². The molecule has 0 bridgehead atoms. The van der Waals surface area contributed by atoms with Crippen LogP contribution in [0.1, 0.15) is 42.4 Å². The summed E-state index contributed by atoms with van der Waals surface area (Å²) >= 11 is 6.00. The van der Waals surface area contributed by atoms with Gasteiger partial charge in [0.2, 0.25) is 0 Å². The first-order valence-electron chi connectivity index (χ1n) is 6.27. The number of pyridine rings is 1. The number of halogens is 1. The Labute approximate surface area is 122 Å². The highest BCUT2D eigenvalue weighted by molar-refractivity contribution is 6.29. The Hall–Kier alpha value is -1.88. The van der Waals surface area contributed by atoms with E-state index in [2.05, 4.69) is 20.5 Å². The Morgan fingerprint density at radius 3 is 2.60 bits per heavy atom. The fourth-order valence-corrected chi connectivity index (χ4v) is 1.88. The first-order valence-corrected chi connectivity index (χ1v) is 6.64. The summed E-state index contributed by atoms with van der Waals surface area (Å²) in [7, 11) is 0. The van der Waals surface area contributed by atoms with E-state index in [1.807, 2.05) is 27.7 Å². The van der Waals surface area contributed by atoms with Crippen molar-refractivity contribution in [1.82, 2.24) is 15.2 Å². The van der Waals surface area contributed by atoms with Gasteiger partial charge in [0, 0.05) is 22.2 Å². The van der Waals surface area contributed by atoms with E-state index < -0.39 is 0 Å². The van der Waals surface area contributed by atoms with Crippen molar-refractivity contribution in [2.45, 2.75) is 33.1 Å². The number of hydrogen-bond acceptors (Lipinski definition) is 3. The predicted octanol–water partition coefficient (Wildman–Crippen LogP) is 3.32. The molecule has 0 fully saturated rings. The van der Waals surface area contributed by atoms with E-state index in [0.29, 0.717) is 16.5 Å². The van der Waals surface area contributed by atoms with Gasteiger partial charge in [0.15, 0.2) is 0 Å². The molecule has 2 aromatic rings. The molecule has 0 unspecified atom stereocenters. The van der Waals surface area contributed by atoms with Gasteiger partial charge in [-0.2, -0.15) is 5.10 Å². The number of nitrogens with one attached hydrogen (secondary N) is 2. The van der Waals surface area contributed by atoms with Crippen LogP contribution in [-0.4, -0.2) is 21.1 Å². The zero-order valence-electron chi connectivity index (χ0n) is 11.9. The minimum absolute atomic E-state index is 0.177. The normalized spacial score (nSPS) is 11.4. The molecule has 2 rings (SSSR count). The number of nitrogens with zero attached hydrogens (tertiary/aromatic N) is 2. The highest BCUT2D eigenvalue weighted by atomic mass is 35.5. The van der Waals surface area contributed by atoms with Crippen molar-refractivity contribution in [3.05, 3.63) is 40.3 Å². The predicted molar refractivity (Wildman–Crippen MR) is 79.2 cm³/mol. The molecule has 0 atom stereocenters. The zero-order chi connectivity index (χ0) is 14.9. The third-order valence-corrected chi connectivity index (χ3v) is 3.09. The molecule has 0 aliphatic carbocycles. The molecular formula is C14H17ClN4O. The summed E-state index contributed by atoms with van der Waals surface area (Å²) in [5.74, 6) is 0.340. The van der Waals surface area contributed by atoms with Crippen LogP contribution in [0.4, 0.5) is 5.82 Å². The molecule has 20 heavy (non-hydrogen) atoms. The summed E-state index contributed by atoms with van der Waals surface area (Å²) < 4.78 is 0. The van der Waals surface area contributed by atoms with Gasteiger partial charge >= 0.3 is 0 Å². The van der Waals surface area contributed by atoms with Crippen LogP contribution in [0.25, 0.3) is 0 Å². The van der Waals surface area contributed by atoms with Crippen molar-refractivity contribution in [2.24, 2.45) is 0 Å². The van der Waals surface area contributed by atoms with Crippen molar-refractivity contribution in [1.29, 1.82) is 0 Å². The minimum atomic E-state index is -0.243. The quantitative estimate of drug-likeness (QED) is 0.834. The second-order valence-electron chi connectivity index (χ2n) is 5.70. The molecule has 1 amide bonds. The van der Waals surface area contributed by atoms with Crippen molar-refractivity contribution in [3.8, 4) is 0 Å². The van der Waals surface area contributed by atoms with Crippen LogP contribution in [-0.2, 0) is 5.41 Å². The SMILES string of the molecule is Cc1cn[nH]c1NC(=O)c1cc(Cl)nc(C(C)(C)C)c1. The number of H-pyrrole nitrogens is 1. The molecule has 0 spiro atoms. The first-order chi connectivity index (χ1) is 9.27. The molecule has 0 aliphatic rings. The van der Waals surface area contributed by atoms with Crippen LogP contribution < -0.4 is 5.32 Å². The topological polar surface area (TPSA) is 70.7 Å². The van der Waals surface area contributed by atoms with Gasteiger partial charge in [-0.1, -0.05) is 32.4 Å². The maximum absolute atomic E-state index is 12.3. The molecule has 0 saturated carbocycles. The Bertz CT molecular complexity index is 643. The molecule has 2 heterocycles. The van der Waals surface area contributed by atoms with Gasteiger partial charge in [0.05, 0.1) is 6.20 Å². The average molecular weight is 293 g/mol. The number of rotatable bonds is 2. The second kappa shape index (κ2) is 5.25. The summed E-state index contributed by atoms with van der Waals surface area (Å²) in [6.07, 6.45) is 1.65. The molecule has 0 radical (unpaired) electrons. The summed E-state index contributed by atoms with van der Waals surface area (Å²) in [5.41, 5.74) is 1.94. The molecule has 0 saturated heterocycles. The lowest BCUT2D eigenvalue weighted by atomic mass is 9.91. The highest BCUT2D eigenvalue weighted by Gasteiger charge is 2.19. The summed E-state index contributed by atoms with van der Waals surface area (Å²) in [6, 6.07) is 3.31. The zero-order valence-corrected chi connectivity index (χ0v) is 12.7. The highest BCUT2D eigenvalue weighted by Crippen LogP contribution is 2.24. The smallest absolute Gasteiger partial charge is 0.256 e. The van der Waals surface area contributed by atoms with Crippen LogP contribution in [0.3, 0.4) is 0 Å². The number of aryl methyl sites for hydroxylation is 1. The lowest BCUT2D eigenvalue weighted by Gasteiger charge is -2.18. The fraction of sp³-hybridized carbons (Fsp3) is 0.357. The van der Waals surface area contributed by atoms with E-state index >= 15 is 0 Å². The molecule has 2 N–H and O–H groups in total. The van der Waals surface area contributed by atoms with Gasteiger partial charge in [0.25, 0.3) is 5.91 Å². The van der Waals surface area contributed by atoms with Gasteiger partial charge in [-0.05, 0) is 19.1 Å². The van der Waals surface area contributed by atoms with E-state index in [4.69, 9.17) is 11.6 Å². The summed E-state index contributed by atoms with van der Waals surface area (Å²) in [6.45, 7) is 7.92. The first kappa shape index (κ1) is 14.5. The van der Waals surface area contributed by atoms with E-state index in [9.17, 15) is 4.79 Å². The molecular weight excluding hydrogens is 276 g/mol. The molecule has 0 aliphatic heterocycles. The molecule has 5 nitrogen and oxygen atoms in total. The monoisotopic (exact) mass is 292 g/mol. The summed E-state index contributed by atoms with van der Waals surface area (Å²) in [4.78, 5) is 16.5. The Morgan fingerprint density at radius 1 is 1.35 bits per heavy atom. The van der Waals surface area contributed by atoms with Gasteiger partial charge in [-0.3, -0.25) is 9.89 Å². The Kier molecular flexibility index (Phi) is 3.81. The van der Waals surface area contributed by atoms with Crippen LogP contribution in [0.5, 0.6) is 0 Å². The van der Waals surface area contributed by atoms with Crippen molar-refractivity contribution >= 4 is 23.3 Å². The number of carbonyl (C=O) groups is 1. The number of hydrogen-bond donors (Lipinski definition) is 2. The fourth-order valence-electron chi connectivity index (χ4n) is 1.67. The van der Waals surface area contributed by atoms with Crippen LogP contribution in [0, 0.1) is 6.92 Å². The third-order valence-electron chi connectivity index (χ3n) is 2.89. The number of anilines is 1. The van der Waals surface area contributed by atoms with E-state index in [1.165, 1.54) is 0 Å². The number of aromatic amines is 1. The standard InChI is InChI=1S/C14H17ClN4O/c1-8-7-16-19-12(8)18-13(20)9-5-10(14(2,3)4)17-11(15)6-9/h5-7H,1-4H3,(H2,16,18,19,20). The van der Waals surface area contributed by atoms with Gasteiger partial charge < -0.3 is 5.32 Å². The molecule has 2 aromatic heterocycles. The summed E-state index contributed by atoms with van der Waals surface area (Å²) in [5, 5.41) is 9.68. The maximum Gasteiger partial charge on any atom is 0.256 e. The Balaban J connectivity index is 2.31. The average Bonchev–Trinajstić information content (AvgIpc) is 2.73. The number of carbonyl (C=O) groups excluding carboxylic acids is 1.